The second-order valence-electron chi connectivity index (χ2n) is 5.41. The molecular weight excluding hydrogens is 346 g/mol. The van der Waals surface area contributed by atoms with Crippen LogP contribution in [0.5, 0.6) is 0 Å². The molecule has 0 aliphatic carbocycles. The molecule has 4 nitrogen and oxygen atoms in total. The minimum absolute atomic E-state index is 0.101. The van der Waals surface area contributed by atoms with E-state index in [4.69, 9.17) is 0 Å². The zero-order valence-electron chi connectivity index (χ0n) is 13.1. The quantitative estimate of drug-likeness (QED) is 0.517. The first kappa shape index (κ1) is 18.7. The highest BCUT2D eigenvalue weighted by atomic mass is 79.9. The number of rotatable bonds is 9. The van der Waals surface area contributed by atoms with Gasteiger partial charge < -0.3 is 10.4 Å². The molecule has 0 aliphatic rings. The molecule has 22 heavy (non-hydrogen) atoms. The summed E-state index contributed by atoms with van der Waals surface area (Å²) in [5, 5.41) is 13.1. The van der Waals surface area contributed by atoms with Gasteiger partial charge in [-0.15, -0.1) is 0 Å². The molecule has 1 amide bonds. The molecule has 3 unspecified atom stereocenters. The summed E-state index contributed by atoms with van der Waals surface area (Å²) >= 11 is 3.32. The van der Waals surface area contributed by atoms with Gasteiger partial charge in [0.1, 0.15) is 0 Å². The van der Waals surface area contributed by atoms with Gasteiger partial charge in [-0.05, 0) is 24.3 Å². The van der Waals surface area contributed by atoms with Crippen LogP contribution in [-0.4, -0.2) is 28.9 Å². The predicted molar refractivity (Wildman–Crippen MR) is 91.2 cm³/mol. The Balaban J connectivity index is 3.02. The lowest BCUT2D eigenvalue weighted by Gasteiger charge is -2.28. The Morgan fingerprint density at radius 2 is 1.91 bits per heavy atom. The minimum Gasteiger partial charge on any atom is -0.481 e. The summed E-state index contributed by atoms with van der Waals surface area (Å²) in [6.45, 7) is 4.16. The Bertz CT molecular complexity index is 478. The smallest absolute Gasteiger partial charge is 0.307 e. The second kappa shape index (κ2) is 9.62. The lowest BCUT2D eigenvalue weighted by atomic mass is 9.76. The number of nitrogens with one attached hydrogen (secondary N) is 1. The molecule has 0 fully saturated rings. The van der Waals surface area contributed by atoms with E-state index >= 15 is 0 Å². The lowest BCUT2D eigenvalue weighted by Crippen LogP contribution is -2.40. The van der Waals surface area contributed by atoms with Crippen LogP contribution in [0.25, 0.3) is 0 Å². The van der Waals surface area contributed by atoms with Gasteiger partial charge in [-0.1, -0.05) is 60.1 Å². The van der Waals surface area contributed by atoms with Crippen LogP contribution in [0.3, 0.4) is 0 Å². The highest BCUT2D eigenvalue weighted by Gasteiger charge is 2.36. The molecular formula is C17H24BrNO3. The molecule has 0 saturated heterocycles. The van der Waals surface area contributed by atoms with Crippen molar-refractivity contribution >= 4 is 27.8 Å². The normalized spacial score (nSPS) is 14.9. The van der Waals surface area contributed by atoms with Crippen LogP contribution in [-0.2, 0) is 9.59 Å². The van der Waals surface area contributed by atoms with Crippen molar-refractivity contribution in [1.29, 1.82) is 0 Å². The fourth-order valence-corrected chi connectivity index (χ4v) is 2.99. The summed E-state index contributed by atoms with van der Waals surface area (Å²) in [6, 6.07) is 9.68. The van der Waals surface area contributed by atoms with E-state index in [9.17, 15) is 14.7 Å². The van der Waals surface area contributed by atoms with Gasteiger partial charge in [-0.3, -0.25) is 9.59 Å². The van der Waals surface area contributed by atoms with Crippen molar-refractivity contribution in [2.45, 2.75) is 32.6 Å². The molecule has 0 bridgehead atoms. The number of carboxylic acids is 1. The molecule has 1 aromatic rings. The van der Waals surface area contributed by atoms with Crippen LogP contribution < -0.4 is 5.32 Å². The summed E-state index contributed by atoms with van der Waals surface area (Å²) in [4.78, 5) is 24.0. The van der Waals surface area contributed by atoms with E-state index in [-0.39, 0.29) is 11.8 Å². The van der Waals surface area contributed by atoms with E-state index < -0.39 is 17.8 Å². The van der Waals surface area contributed by atoms with Crippen molar-refractivity contribution < 1.29 is 14.7 Å². The summed E-state index contributed by atoms with van der Waals surface area (Å²) in [5.74, 6) is -2.51. The fourth-order valence-electron chi connectivity index (χ4n) is 2.71. The van der Waals surface area contributed by atoms with Gasteiger partial charge in [0.05, 0.1) is 11.8 Å². The van der Waals surface area contributed by atoms with Crippen molar-refractivity contribution in [3.05, 3.63) is 35.9 Å². The topological polar surface area (TPSA) is 66.4 Å². The number of hydrogen-bond acceptors (Lipinski definition) is 2. The van der Waals surface area contributed by atoms with Crippen LogP contribution in [0.2, 0.25) is 0 Å². The molecule has 2 N–H and O–H groups in total. The van der Waals surface area contributed by atoms with Crippen molar-refractivity contribution in [3.63, 3.8) is 0 Å². The van der Waals surface area contributed by atoms with Crippen LogP contribution in [0.4, 0.5) is 0 Å². The number of hydrogen-bond donors (Lipinski definition) is 2. The Labute approximate surface area is 140 Å². The average Bonchev–Trinajstić information content (AvgIpc) is 2.52. The molecule has 0 aliphatic heterocycles. The maximum absolute atomic E-state index is 12.5. The maximum atomic E-state index is 12.5. The summed E-state index contributed by atoms with van der Waals surface area (Å²) < 4.78 is 0. The first-order valence-electron chi connectivity index (χ1n) is 7.64. The van der Waals surface area contributed by atoms with Crippen LogP contribution in [0, 0.1) is 11.8 Å². The molecule has 0 radical (unpaired) electrons. The molecule has 0 heterocycles. The molecule has 0 saturated carbocycles. The monoisotopic (exact) mass is 369 g/mol. The minimum atomic E-state index is -0.935. The number of aliphatic carboxylic acids is 1. The maximum Gasteiger partial charge on any atom is 0.307 e. The second-order valence-corrected chi connectivity index (χ2v) is 6.20. The van der Waals surface area contributed by atoms with Gasteiger partial charge >= 0.3 is 5.97 Å². The Hall–Kier alpha value is -1.36. The first-order chi connectivity index (χ1) is 10.5. The highest BCUT2D eigenvalue weighted by molar-refractivity contribution is 9.09. The highest BCUT2D eigenvalue weighted by Crippen LogP contribution is 2.33. The van der Waals surface area contributed by atoms with Crippen LogP contribution >= 0.6 is 15.9 Å². The number of amides is 1. The van der Waals surface area contributed by atoms with Gasteiger partial charge in [0.25, 0.3) is 0 Å². The fraction of sp³-hybridized carbons (Fsp3) is 0.529. The molecule has 122 valence electrons. The number of carbonyl (C=O) groups is 2. The summed E-state index contributed by atoms with van der Waals surface area (Å²) in [6.07, 6.45) is 1.54. The number of halogens is 1. The van der Waals surface area contributed by atoms with E-state index in [0.29, 0.717) is 6.54 Å². The summed E-state index contributed by atoms with van der Waals surface area (Å²) in [5.41, 5.74) is 1.01. The van der Waals surface area contributed by atoms with E-state index in [1.54, 1.807) is 6.92 Å². The first-order valence-corrected chi connectivity index (χ1v) is 8.76. The number of carbonyl (C=O) groups excluding carboxylic acids is 1. The van der Waals surface area contributed by atoms with E-state index in [1.807, 2.05) is 37.3 Å². The van der Waals surface area contributed by atoms with E-state index in [0.717, 1.165) is 23.7 Å². The molecule has 0 aromatic heterocycles. The third-order valence-electron chi connectivity index (χ3n) is 3.94. The van der Waals surface area contributed by atoms with Crippen molar-refractivity contribution in [2.24, 2.45) is 11.8 Å². The lowest BCUT2D eigenvalue weighted by molar-refractivity contribution is -0.147. The molecule has 1 aromatic carbocycles. The van der Waals surface area contributed by atoms with Crippen molar-refractivity contribution in [1.82, 2.24) is 5.32 Å². The Kier molecular flexibility index (Phi) is 8.17. The van der Waals surface area contributed by atoms with E-state index in [1.165, 1.54) is 0 Å². The average molecular weight is 370 g/mol. The number of alkyl halides is 1. The van der Waals surface area contributed by atoms with Gasteiger partial charge in [-0.2, -0.15) is 0 Å². The Morgan fingerprint density at radius 1 is 1.27 bits per heavy atom. The molecule has 5 heteroatoms. The zero-order valence-corrected chi connectivity index (χ0v) is 14.7. The Morgan fingerprint density at radius 3 is 2.41 bits per heavy atom. The van der Waals surface area contributed by atoms with Gasteiger partial charge in [0.15, 0.2) is 0 Å². The van der Waals surface area contributed by atoms with E-state index in [2.05, 4.69) is 21.2 Å². The third-order valence-corrected chi connectivity index (χ3v) is 4.50. The number of benzene rings is 1. The van der Waals surface area contributed by atoms with Crippen molar-refractivity contribution in [2.75, 3.05) is 11.9 Å². The zero-order chi connectivity index (χ0) is 16.5. The summed E-state index contributed by atoms with van der Waals surface area (Å²) in [7, 11) is 0. The third kappa shape index (κ3) is 5.13. The standard InChI is InChI=1S/C17H24BrNO3/c1-3-14(13-8-5-4-6-9-13)15(12(2)17(21)22)16(20)19-11-7-10-18/h4-6,8-9,12,14-15H,3,7,10-11H2,1-2H3,(H,19,20)(H,21,22). The van der Waals surface area contributed by atoms with Gasteiger partial charge in [-0.25, -0.2) is 0 Å². The number of carboxylic acid groups (broad SMARTS) is 1. The largest absolute Gasteiger partial charge is 0.481 e. The molecule has 1 rings (SSSR count). The predicted octanol–water partition coefficient (Wildman–Crippen LogP) is 3.42. The van der Waals surface area contributed by atoms with Crippen molar-refractivity contribution in [3.8, 4) is 0 Å². The van der Waals surface area contributed by atoms with Gasteiger partial charge in [0.2, 0.25) is 5.91 Å². The molecule has 0 spiro atoms. The molecule has 3 atom stereocenters. The SMILES string of the molecule is CCC(c1ccccc1)C(C(=O)NCCCBr)C(C)C(=O)O. The van der Waals surface area contributed by atoms with Crippen LogP contribution in [0.1, 0.15) is 38.2 Å². The van der Waals surface area contributed by atoms with Gasteiger partial charge in [0, 0.05) is 11.9 Å². The van der Waals surface area contributed by atoms with Crippen LogP contribution in [0.15, 0.2) is 30.3 Å².